The number of halogens is 1. The smallest absolute Gasteiger partial charge is 0.261 e. The van der Waals surface area contributed by atoms with Crippen molar-refractivity contribution in [1.29, 1.82) is 0 Å². The van der Waals surface area contributed by atoms with Gasteiger partial charge in [0.05, 0.1) is 22.6 Å². The van der Waals surface area contributed by atoms with E-state index in [1.54, 1.807) is 30.7 Å². The van der Waals surface area contributed by atoms with Gasteiger partial charge in [-0.15, -0.1) is 10.2 Å². The molecule has 2 heterocycles. The number of benzene rings is 1. The third-order valence-corrected chi connectivity index (χ3v) is 4.88. The molecule has 6 nitrogen and oxygen atoms in total. The predicted octanol–water partition coefficient (Wildman–Crippen LogP) is 3.86. The lowest BCUT2D eigenvalue weighted by Crippen LogP contribution is -2.14. The quantitative estimate of drug-likeness (QED) is 0.768. The molecule has 0 spiro atoms. The van der Waals surface area contributed by atoms with E-state index >= 15 is 0 Å². The molecule has 2 aromatic heterocycles. The summed E-state index contributed by atoms with van der Waals surface area (Å²) in [5, 5.41) is 16.6. The minimum absolute atomic E-state index is 0.257. The van der Waals surface area contributed by atoms with Gasteiger partial charge in [-0.25, -0.2) is 9.07 Å². The first-order valence-electron chi connectivity index (χ1n) is 7.83. The third-order valence-electron chi connectivity index (χ3n) is 3.74. The molecule has 0 fully saturated rings. The van der Waals surface area contributed by atoms with Crippen LogP contribution in [0.25, 0.3) is 5.69 Å². The van der Waals surface area contributed by atoms with Gasteiger partial charge in [0.25, 0.3) is 5.91 Å². The van der Waals surface area contributed by atoms with Crippen LogP contribution in [0.1, 0.15) is 46.5 Å². The molecule has 0 radical (unpaired) electrons. The Balaban J connectivity index is 1.89. The van der Waals surface area contributed by atoms with E-state index in [-0.39, 0.29) is 17.6 Å². The van der Waals surface area contributed by atoms with Crippen molar-refractivity contribution in [1.82, 2.24) is 20.0 Å². The molecule has 130 valence electrons. The van der Waals surface area contributed by atoms with Crippen LogP contribution in [0, 0.1) is 19.7 Å². The number of hydrogen-bond donors (Lipinski definition) is 1. The van der Waals surface area contributed by atoms with E-state index < -0.39 is 0 Å². The summed E-state index contributed by atoms with van der Waals surface area (Å²) < 4.78 is 14.7. The normalized spacial score (nSPS) is 11.1. The molecule has 1 amide bonds. The topological polar surface area (TPSA) is 72.7 Å². The van der Waals surface area contributed by atoms with Crippen LogP contribution >= 0.6 is 11.3 Å². The molecule has 0 saturated heterocycles. The lowest BCUT2D eigenvalue weighted by atomic mass is 10.2. The van der Waals surface area contributed by atoms with Crippen LogP contribution in [0.2, 0.25) is 0 Å². The summed E-state index contributed by atoms with van der Waals surface area (Å²) in [6, 6.07) is 5.96. The third kappa shape index (κ3) is 3.43. The second-order valence-corrected chi connectivity index (χ2v) is 7.00. The van der Waals surface area contributed by atoms with Gasteiger partial charge < -0.3 is 0 Å². The maximum atomic E-state index is 13.1. The van der Waals surface area contributed by atoms with Gasteiger partial charge in [-0.1, -0.05) is 25.2 Å². The fraction of sp³-hybridized carbons (Fsp3) is 0.294. The molecule has 0 atom stereocenters. The lowest BCUT2D eigenvalue weighted by Gasteiger charge is -2.05. The van der Waals surface area contributed by atoms with Gasteiger partial charge in [-0.2, -0.15) is 5.10 Å². The molecule has 0 aliphatic carbocycles. The van der Waals surface area contributed by atoms with Crippen molar-refractivity contribution in [3.63, 3.8) is 0 Å². The summed E-state index contributed by atoms with van der Waals surface area (Å²) in [6.07, 6.45) is 0. The van der Waals surface area contributed by atoms with Gasteiger partial charge in [0.15, 0.2) is 0 Å². The summed E-state index contributed by atoms with van der Waals surface area (Å²) in [4.78, 5) is 12.6. The van der Waals surface area contributed by atoms with Crippen LogP contribution in [-0.4, -0.2) is 25.9 Å². The zero-order valence-electron chi connectivity index (χ0n) is 14.4. The van der Waals surface area contributed by atoms with E-state index in [0.29, 0.717) is 27.8 Å². The largest absolute Gasteiger partial charge is 0.296 e. The van der Waals surface area contributed by atoms with Crippen LogP contribution in [-0.2, 0) is 0 Å². The van der Waals surface area contributed by atoms with Gasteiger partial charge in [-0.3, -0.25) is 10.1 Å². The van der Waals surface area contributed by atoms with E-state index in [9.17, 15) is 9.18 Å². The highest BCUT2D eigenvalue weighted by Crippen LogP contribution is 2.24. The van der Waals surface area contributed by atoms with Gasteiger partial charge in [0.1, 0.15) is 10.8 Å². The number of carbonyl (C=O) groups is 1. The van der Waals surface area contributed by atoms with Crippen LogP contribution in [0.4, 0.5) is 9.52 Å². The average molecular weight is 359 g/mol. The van der Waals surface area contributed by atoms with E-state index in [4.69, 9.17) is 0 Å². The number of hydrogen-bond acceptors (Lipinski definition) is 5. The fourth-order valence-corrected chi connectivity index (χ4v) is 3.22. The van der Waals surface area contributed by atoms with Gasteiger partial charge in [0.2, 0.25) is 5.13 Å². The number of nitrogens with zero attached hydrogens (tertiary/aromatic N) is 4. The highest BCUT2D eigenvalue weighted by atomic mass is 32.1. The maximum absolute atomic E-state index is 13.1. The number of rotatable bonds is 4. The SMILES string of the molecule is Cc1nn(-c2ccc(F)cc2)c(C)c1C(=O)Nc1nnc(C(C)C)s1. The fourth-order valence-electron chi connectivity index (χ4n) is 2.48. The molecule has 3 rings (SSSR count). The van der Waals surface area contributed by atoms with Crippen molar-refractivity contribution in [3.8, 4) is 5.69 Å². The number of nitrogens with one attached hydrogen (secondary N) is 1. The summed E-state index contributed by atoms with van der Waals surface area (Å²) in [7, 11) is 0. The summed E-state index contributed by atoms with van der Waals surface area (Å²) in [5.41, 5.74) is 2.44. The molecule has 1 N–H and O–H groups in total. The van der Waals surface area contributed by atoms with Gasteiger partial charge in [0, 0.05) is 5.92 Å². The molecule has 8 heteroatoms. The monoisotopic (exact) mass is 359 g/mol. The van der Waals surface area contributed by atoms with Crippen molar-refractivity contribution in [3.05, 3.63) is 52.0 Å². The summed E-state index contributed by atoms with van der Waals surface area (Å²) in [6.45, 7) is 7.61. The molecule has 0 aliphatic rings. The van der Waals surface area contributed by atoms with Crippen molar-refractivity contribution in [2.75, 3.05) is 5.32 Å². The van der Waals surface area contributed by atoms with Crippen LogP contribution in [0.15, 0.2) is 24.3 Å². The van der Waals surface area contributed by atoms with Crippen LogP contribution in [0.5, 0.6) is 0 Å². The van der Waals surface area contributed by atoms with Crippen LogP contribution in [0.3, 0.4) is 0 Å². The first kappa shape index (κ1) is 17.2. The highest BCUT2D eigenvalue weighted by molar-refractivity contribution is 7.15. The van der Waals surface area contributed by atoms with Crippen molar-refractivity contribution in [2.45, 2.75) is 33.6 Å². The van der Waals surface area contributed by atoms with Gasteiger partial charge in [-0.05, 0) is 38.1 Å². The van der Waals surface area contributed by atoms with Crippen molar-refractivity contribution >= 4 is 22.4 Å². The van der Waals surface area contributed by atoms with Crippen LogP contribution < -0.4 is 5.32 Å². The molecule has 0 unspecified atom stereocenters. The Labute approximate surface area is 148 Å². The Kier molecular flexibility index (Phi) is 4.63. The van der Waals surface area contributed by atoms with E-state index in [1.165, 1.54) is 23.5 Å². The molecule has 0 saturated carbocycles. The Bertz CT molecular complexity index is 914. The first-order chi connectivity index (χ1) is 11.9. The predicted molar refractivity (Wildman–Crippen MR) is 94.9 cm³/mol. The molecular formula is C17H18FN5OS. The zero-order chi connectivity index (χ0) is 18.1. The minimum Gasteiger partial charge on any atom is -0.296 e. The van der Waals surface area contributed by atoms with Crippen molar-refractivity contribution in [2.24, 2.45) is 0 Å². The van der Waals surface area contributed by atoms with Crippen molar-refractivity contribution < 1.29 is 9.18 Å². The standard InChI is InChI=1S/C17H18FN5OS/c1-9(2)16-20-21-17(25-16)19-15(24)14-10(3)22-23(11(14)4)13-7-5-12(18)6-8-13/h5-9H,1-4H3,(H,19,21,24). The molecule has 25 heavy (non-hydrogen) atoms. The molecule has 1 aromatic carbocycles. The molecule has 3 aromatic rings. The second-order valence-electron chi connectivity index (χ2n) is 5.99. The lowest BCUT2D eigenvalue weighted by molar-refractivity contribution is 0.102. The van der Waals surface area contributed by atoms with E-state index in [1.807, 2.05) is 13.8 Å². The average Bonchev–Trinajstić information content (AvgIpc) is 3.13. The first-order valence-corrected chi connectivity index (χ1v) is 8.65. The number of anilines is 1. The van der Waals surface area contributed by atoms with E-state index in [0.717, 1.165) is 5.01 Å². The van der Waals surface area contributed by atoms with Gasteiger partial charge >= 0.3 is 0 Å². The zero-order valence-corrected chi connectivity index (χ0v) is 15.2. The Morgan fingerprint density at radius 1 is 1.20 bits per heavy atom. The molecule has 0 aliphatic heterocycles. The number of carbonyl (C=O) groups excluding carboxylic acids is 1. The highest BCUT2D eigenvalue weighted by Gasteiger charge is 2.21. The van der Waals surface area contributed by atoms with E-state index in [2.05, 4.69) is 20.6 Å². The molecule has 0 bridgehead atoms. The molecular weight excluding hydrogens is 341 g/mol. The minimum atomic E-state index is -0.319. The maximum Gasteiger partial charge on any atom is 0.261 e. The number of amides is 1. The second kappa shape index (κ2) is 6.72. The summed E-state index contributed by atoms with van der Waals surface area (Å²) >= 11 is 1.36. The Morgan fingerprint density at radius 3 is 2.48 bits per heavy atom. The Hall–Kier alpha value is -2.61. The number of aromatic nitrogens is 4. The summed E-state index contributed by atoms with van der Waals surface area (Å²) in [5.74, 6) is -0.344. The Morgan fingerprint density at radius 2 is 1.88 bits per heavy atom. The number of aryl methyl sites for hydroxylation is 1.